The molecule has 0 amide bonds. The van der Waals surface area contributed by atoms with Crippen LogP contribution in [0.2, 0.25) is 0 Å². The maximum atomic E-state index is 13.8. The standard InChI is InChI=1S/C14H10F2O2/c1-18-11-3-4-12(14(16)7-11)9-2-5-13(15)10(6-9)8-17/h2-8H,1H3. The van der Waals surface area contributed by atoms with E-state index in [4.69, 9.17) is 4.74 Å². The van der Waals surface area contributed by atoms with Crippen molar-refractivity contribution in [1.82, 2.24) is 0 Å². The van der Waals surface area contributed by atoms with Crippen LogP contribution in [0.25, 0.3) is 11.1 Å². The molecular weight excluding hydrogens is 238 g/mol. The molecule has 0 atom stereocenters. The van der Waals surface area contributed by atoms with E-state index in [1.807, 2.05) is 0 Å². The highest BCUT2D eigenvalue weighted by Gasteiger charge is 2.09. The molecule has 0 saturated carbocycles. The van der Waals surface area contributed by atoms with E-state index in [-0.39, 0.29) is 5.56 Å². The second kappa shape index (κ2) is 4.96. The van der Waals surface area contributed by atoms with Crippen LogP contribution in [0, 0.1) is 11.6 Å². The molecule has 0 N–H and O–H groups in total. The van der Waals surface area contributed by atoms with E-state index in [1.165, 1.54) is 31.4 Å². The minimum atomic E-state index is -0.623. The lowest BCUT2D eigenvalue weighted by Crippen LogP contribution is -1.91. The Morgan fingerprint density at radius 1 is 1.06 bits per heavy atom. The number of benzene rings is 2. The van der Waals surface area contributed by atoms with Gasteiger partial charge in [-0.3, -0.25) is 4.79 Å². The molecule has 0 unspecified atom stereocenters. The Morgan fingerprint density at radius 3 is 2.44 bits per heavy atom. The van der Waals surface area contributed by atoms with E-state index in [1.54, 1.807) is 6.07 Å². The zero-order chi connectivity index (χ0) is 13.1. The Labute approximate surface area is 103 Å². The third-order valence-corrected chi connectivity index (χ3v) is 2.61. The van der Waals surface area contributed by atoms with E-state index in [9.17, 15) is 13.6 Å². The average molecular weight is 248 g/mol. The summed E-state index contributed by atoms with van der Waals surface area (Å²) in [5, 5.41) is 0. The lowest BCUT2D eigenvalue weighted by Gasteiger charge is -2.06. The van der Waals surface area contributed by atoms with Gasteiger partial charge >= 0.3 is 0 Å². The molecule has 0 fully saturated rings. The maximum absolute atomic E-state index is 13.8. The highest BCUT2D eigenvalue weighted by molar-refractivity contribution is 5.79. The molecule has 0 spiro atoms. The third kappa shape index (κ3) is 2.22. The van der Waals surface area contributed by atoms with Gasteiger partial charge in [0.25, 0.3) is 0 Å². The summed E-state index contributed by atoms with van der Waals surface area (Å²) in [5.41, 5.74) is 0.639. The first-order chi connectivity index (χ1) is 8.65. The number of hydrogen-bond donors (Lipinski definition) is 0. The van der Waals surface area contributed by atoms with Gasteiger partial charge in [-0.05, 0) is 29.8 Å². The monoisotopic (exact) mass is 248 g/mol. The fraction of sp³-hybridized carbons (Fsp3) is 0.0714. The lowest BCUT2D eigenvalue weighted by atomic mass is 10.0. The van der Waals surface area contributed by atoms with E-state index in [0.29, 0.717) is 23.2 Å². The zero-order valence-corrected chi connectivity index (χ0v) is 9.61. The zero-order valence-electron chi connectivity index (χ0n) is 9.61. The van der Waals surface area contributed by atoms with Crippen LogP contribution < -0.4 is 4.74 Å². The maximum Gasteiger partial charge on any atom is 0.153 e. The molecule has 92 valence electrons. The minimum Gasteiger partial charge on any atom is -0.497 e. The topological polar surface area (TPSA) is 26.3 Å². The highest BCUT2D eigenvalue weighted by Crippen LogP contribution is 2.27. The smallest absolute Gasteiger partial charge is 0.153 e. The van der Waals surface area contributed by atoms with Gasteiger partial charge in [-0.2, -0.15) is 0 Å². The molecule has 0 aliphatic carbocycles. The Hall–Kier alpha value is -2.23. The Kier molecular flexibility index (Phi) is 3.37. The van der Waals surface area contributed by atoms with Crippen LogP contribution in [-0.4, -0.2) is 13.4 Å². The van der Waals surface area contributed by atoms with Gasteiger partial charge in [0.1, 0.15) is 17.4 Å². The van der Waals surface area contributed by atoms with Crippen molar-refractivity contribution in [2.45, 2.75) is 0 Å². The number of aldehydes is 1. The summed E-state index contributed by atoms with van der Waals surface area (Å²) in [7, 11) is 1.44. The van der Waals surface area contributed by atoms with Gasteiger partial charge in [0.2, 0.25) is 0 Å². The Bertz CT molecular complexity index is 594. The fourth-order valence-electron chi connectivity index (χ4n) is 1.66. The molecule has 0 aromatic heterocycles. The molecule has 2 aromatic carbocycles. The number of ether oxygens (including phenoxy) is 1. The molecule has 0 heterocycles. The van der Waals surface area contributed by atoms with E-state index >= 15 is 0 Å². The molecule has 2 aromatic rings. The number of carbonyl (C=O) groups is 1. The van der Waals surface area contributed by atoms with Crippen molar-refractivity contribution in [3.05, 3.63) is 53.6 Å². The average Bonchev–Trinajstić information content (AvgIpc) is 2.39. The summed E-state index contributed by atoms with van der Waals surface area (Å²) in [6.07, 6.45) is 0.403. The van der Waals surface area contributed by atoms with Crippen LogP contribution in [0.5, 0.6) is 5.75 Å². The second-order valence-corrected chi connectivity index (χ2v) is 3.70. The molecule has 0 bridgehead atoms. The van der Waals surface area contributed by atoms with E-state index < -0.39 is 11.6 Å². The molecule has 0 aliphatic heterocycles. The van der Waals surface area contributed by atoms with Gasteiger partial charge < -0.3 is 4.74 Å². The van der Waals surface area contributed by atoms with Crippen LogP contribution in [0.4, 0.5) is 8.78 Å². The van der Waals surface area contributed by atoms with Crippen molar-refractivity contribution in [2.24, 2.45) is 0 Å². The predicted molar refractivity (Wildman–Crippen MR) is 63.7 cm³/mol. The number of carbonyl (C=O) groups excluding carboxylic acids is 1. The predicted octanol–water partition coefficient (Wildman–Crippen LogP) is 3.45. The van der Waals surface area contributed by atoms with Crippen LogP contribution in [-0.2, 0) is 0 Å². The van der Waals surface area contributed by atoms with Crippen LogP contribution in [0.15, 0.2) is 36.4 Å². The first kappa shape index (κ1) is 12.2. The normalized spacial score (nSPS) is 10.2. The Morgan fingerprint density at radius 2 is 1.83 bits per heavy atom. The van der Waals surface area contributed by atoms with E-state index in [2.05, 4.69) is 0 Å². The van der Waals surface area contributed by atoms with Crippen molar-refractivity contribution in [3.63, 3.8) is 0 Å². The van der Waals surface area contributed by atoms with Gasteiger partial charge in [0.15, 0.2) is 6.29 Å². The lowest BCUT2D eigenvalue weighted by molar-refractivity contribution is 0.112. The van der Waals surface area contributed by atoms with E-state index in [0.717, 1.165) is 6.07 Å². The summed E-state index contributed by atoms with van der Waals surface area (Å²) >= 11 is 0. The minimum absolute atomic E-state index is 0.0947. The SMILES string of the molecule is COc1ccc(-c2ccc(F)c(C=O)c2)c(F)c1. The summed E-state index contributed by atoms with van der Waals surface area (Å²) in [4.78, 5) is 10.6. The molecule has 0 aliphatic rings. The first-order valence-electron chi connectivity index (χ1n) is 5.24. The molecule has 0 saturated heterocycles. The Balaban J connectivity index is 2.51. The second-order valence-electron chi connectivity index (χ2n) is 3.70. The molecular formula is C14H10F2O2. The largest absolute Gasteiger partial charge is 0.497 e. The van der Waals surface area contributed by atoms with Gasteiger partial charge in [-0.15, -0.1) is 0 Å². The molecule has 4 heteroatoms. The van der Waals surface area contributed by atoms with Crippen LogP contribution >= 0.6 is 0 Å². The summed E-state index contributed by atoms with van der Waals surface area (Å²) in [6.45, 7) is 0. The van der Waals surface area contributed by atoms with Gasteiger partial charge in [0, 0.05) is 11.6 Å². The van der Waals surface area contributed by atoms with Crippen LogP contribution in [0.1, 0.15) is 10.4 Å². The van der Waals surface area contributed by atoms with Crippen molar-refractivity contribution >= 4 is 6.29 Å². The third-order valence-electron chi connectivity index (χ3n) is 2.61. The van der Waals surface area contributed by atoms with Crippen molar-refractivity contribution in [3.8, 4) is 16.9 Å². The molecule has 2 nitrogen and oxygen atoms in total. The van der Waals surface area contributed by atoms with Crippen molar-refractivity contribution in [1.29, 1.82) is 0 Å². The fourth-order valence-corrected chi connectivity index (χ4v) is 1.66. The van der Waals surface area contributed by atoms with Crippen molar-refractivity contribution < 1.29 is 18.3 Å². The van der Waals surface area contributed by atoms with Gasteiger partial charge in [-0.1, -0.05) is 6.07 Å². The number of hydrogen-bond acceptors (Lipinski definition) is 2. The van der Waals surface area contributed by atoms with Gasteiger partial charge in [0.05, 0.1) is 12.7 Å². The number of halogens is 2. The molecule has 0 radical (unpaired) electrons. The van der Waals surface area contributed by atoms with Crippen molar-refractivity contribution in [2.75, 3.05) is 7.11 Å². The number of methoxy groups -OCH3 is 1. The van der Waals surface area contributed by atoms with Crippen LogP contribution in [0.3, 0.4) is 0 Å². The quantitative estimate of drug-likeness (QED) is 0.777. The summed E-state index contributed by atoms with van der Waals surface area (Å²) in [6, 6.07) is 8.24. The van der Waals surface area contributed by atoms with Gasteiger partial charge in [-0.25, -0.2) is 8.78 Å². The highest BCUT2D eigenvalue weighted by atomic mass is 19.1. The molecule has 2 rings (SSSR count). The number of rotatable bonds is 3. The molecule has 18 heavy (non-hydrogen) atoms. The summed E-state index contributed by atoms with van der Waals surface area (Å²) < 4.78 is 31.9. The summed E-state index contributed by atoms with van der Waals surface area (Å²) in [5.74, 6) is -0.713. The first-order valence-corrected chi connectivity index (χ1v) is 5.24.